The van der Waals surface area contributed by atoms with E-state index in [1.165, 1.54) is 55.7 Å². The minimum atomic E-state index is -1.23. The second kappa shape index (κ2) is 18.0. The van der Waals surface area contributed by atoms with Gasteiger partial charge < -0.3 is 25.2 Å². The van der Waals surface area contributed by atoms with Gasteiger partial charge in [0.05, 0.1) is 18.6 Å². The summed E-state index contributed by atoms with van der Waals surface area (Å²) in [6, 6.07) is 23.8. The molecule has 0 aliphatic carbocycles. The van der Waals surface area contributed by atoms with E-state index in [9.17, 15) is 28.7 Å². The molecule has 0 saturated carbocycles. The van der Waals surface area contributed by atoms with Gasteiger partial charge in [0, 0.05) is 17.7 Å². The van der Waals surface area contributed by atoms with Crippen molar-refractivity contribution >= 4 is 29.4 Å². The Labute approximate surface area is 279 Å². The second-order valence-electron chi connectivity index (χ2n) is 11.3. The van der Waals surface area contributed by atoms with Crippen LogP contribution in [0.1, 0.15) is 70.9 Å². The molecule has 2 amide bonds. The molecule has 1 atom stereocenters. The lowest BCUT2D eigenvalue weighted by Gasteiger charge is -2.15. The molecule has 4 aromatic rings. The summed E-state index contributed by atoms with van der Waals surface area (Å²) in [5.41, 5.74) is 1.82. The largest absolute Gasteiger partial charge is 0.494 e. The van der Waals surface area contributed by atoms with Gasteiger partial charge in [-0.1, -0.05) is 62.9 Å². The zero-order valence-electron chi connectivity index (χ0n) is 26.7. The third-order valence-corrected chi connectivity index (χ3v) is 7.52. The fourth-order valence-corrected chi connectivity index (χ4v) is 4.84. The number of carboxylic acid groups (broad SMARTS) is 1. The number of hydrogen-bond donors (Lipinski definition) is 3. The second-order valence-corrected chi connectivity index (χ2v) is 11.3. The number of carboxylic acids is 1. The SMILES string of the molecule is CCCCCCCOc1ccc(C(=O)Oc2ccc(CC(NC(=O)c3ccc(NC(=O)Cc4ccccc4F)cc3)C(=O)O)cc2)cc1. The minimum Gasteiger partial charge on any atom is -0.494 e. The lowest BCUT2D eigenvalue weighted by atomic mass is 10.0. The smallest absolute Gasteiger partial charge is 0.343 e. The summed E-state index contributed by atoms with van der Waals surface area (Å²) < 4.78 is 25.0. The van der Waals surface area contributed by atoms with Gasteiger partial charge in [-0.15, -0.1) is 0 Å². The van der Waals surface area contributed by atoms with Gasteiger partial charge in [0.15, 0.2) is 0 Å². The van der Waals surface area contributed by atoms with E-state index in [0.717, 1.165) is 12.8 Å². The van der Waals surface area contributed by atoms with E-state index in [0.29, 0.717) is 29.2 Å². The maximum atomic E-state index is 13.8. The highest BCUT2D eigenvalue weighted by Crippen LogP contribution is 2.19. The van der Waals surface area contributed by atoms with Crippen LogP contribution in [-0.2, 0) is 22.4 Å². The summed E-state index contributed by atoms with van der Waals surface area (Å²) in [7, 11) is 0. The Morgan fingerprint density at radius 1 is 0.771 bits per heavy atom. The molecule has 250 valence electrons. The van der Waals surface area contributed by atoms with Gasteiger partial charge in [0.1, 0.15) is 23.4 Å². The van der Waals surface area contributed by atoms with Crippen molar-refractivity contribution < 1.29 is 38.1 Å². The lowest BCUT2D eigenvalue weighted by molar-refractivity contribution is -0.139. The van der Waals surface area contributed by atoms with Crippen molar-refractivity contribution in [2.24, 2.45) is 0 Å². The van der Waals surface area contributed by atoms with Gasteiger partial charge in [-0.25, -0.2) is 14.0 Å². The van der Waals surface area contributed by atoms with Crippen LogP contribution in [0.15, 0.2) is 97.1 Å². The predicted molar refractivity (Wildman–Crippen MR) is 180 cm³/mol. The summed E-state index contributed by atoms with van der Waals surface area (Å²) in [5, 5.41) is 14.9. The Morgan fingerprint density at radius 2 is 1.42 bits per heavy atom. The molecule has 48 heavy (non-hydrogen) atoms. The molecule has 0 saturated heterocycles. The first-order valence-corrected chi connectivity index (χ1v) is 15.9. The quantitative estimate of drug-likeness (QED) is 0.0635. The van der Waals surface area contributed by atoms with E-state index in [-0.39, 0.29) is 29.7 Å². The molecule has 1 unspecified atom stereocenters. The number of unbranched alkanes of at least 4 members (excludes halogenated alkanes) is 4. The van der Waals surface area contributed by atoms with Crippen molar-refractivity contribution in [3.05, 3.63) is 125 Å². The Bertz CT molecular complexity index is 1670. The number of esters is 1. The molecular weight excluding hydrogens is 615 g/mol. The Hall–Kier alpha value is -5.51. The number of hydrogen-bond acceptors (Lipinski definition) is 6. The number of amides is 2. The molecule has 0 aromatic heterocycles. The van der Waals surface area contributed by atoms with Crippen molar-refractivity contribution in [1.29, 1.82) is 0 Å². The fraction of sp³-hybridized carbons (Fsp3) is 0.263. The summed E-state index contributed by atoms with van der Waals surface area (Å²) in [4.78, 5) is 49.7. The van der Waals surface area contributed by atoms with E-state index in [1.807, 2.05) is 0 Å². The summed E-state index contributed by atoms with van der Waals surface area (Å²) >= 11 is 0. The molecule has 0 radical (unpaired) electrons. The average Bonchev–Trinajstić information content (AvgIpc) is 3.08. The molecule has 3 N–H and O–H groups in total. The van der Waals surface area contributed by atoms with Gasteiger partial charge in [-0.3, -0.25) is 9.59 Å². The van der Waals surface area contributed by atoms with Gasteiger partial charge >= 0.3 is 11.9 Å². The van der Waals surface area contributed by atoms with Gasteiger partial charge in [-0.2, -0.15) is 0 Å². The molecule has 0 aliphatic heterocycles. The number of aliphatic carboxylic acids is 1. The van der Waals surface area contributed by atoms with E-state index in [1.54, 1.807) is 60.7 Å². The van der Waals surface area contributed by atoms with Crippen molar-refractivity contribution in [1.82, 2.24) is 5.32 Å². The molecule has 9 nitrogen and oxygen atoms in total. The number of benzene rings is 4. The molecule has 0 bridgehead atoms. The Balaban J connectivity index is 1.25. The van der Waals surface area contributed by atoms with Crippen LogP contribution in [0.25, 0.3) is 0 Å². The first-order chi connectivity index (χ1) is 23.2. The fourth-order valence-electron chi connectivity index (χ4n) is 4.84. The third-order valence-electron chi connectivity index (χ3n) is 7.52. The summed E-state index contributed by atoms with van der Waals surface area (Å²) in [5.74, 6) is -2.30. The van der Waals surface area contributed by atoms with E-state index in [2.05, 4.69) is 17.6 Å². The maximum Gasteiger partial charge on any atom is 0.343 e. The monoisotopic (exact) mass is 654 g/mol. The minimum absolute atomic E-state index is 0.0143. The summed E-state index contributed by atoms with van der Waals surface area (Å²) in [6.45, 7) is 2.80. The van der Waals surface area contributed by atoms with Crippen LogP contribution >= 0.6 is 0 Å². The number of anilines is 1. The van der Waals surface area contributed by atoms with Crippen molar-refractivity contribution in [3.63, 3.8) is 0 Å². The Kier molecular flexibility index (Phi) is 13.2. The molecule has 10 heteroatoms. The van der Waals surface area contributed by atoms with E-state index >= 15 is 0 Å². The first-order valence-electron chi connectivity index (χ1n) is 15.9. The number of halogens is 1. The normalized spacial score (nSPS) is 11.3. The lowest BCUT2D eigenvalue weighted by Crippen LogP contribution is -2.42. The van der Waals surface area contributed by atoms with Crippen molar-refractivity contribution in [2.45, 2.75) is 57.9 Å². The number of ether oxygens (including phenoxy) is 2. The van der Waals surface area contributed by atoms with Crippen LogP contribution in [0.3, 0.4) is 0 Å². The zero-order chi connectivity index (χ0) is 34.3. The number of carbonyl (C=O) groups is 4. The van der Waals surface area contributed by atoms with E-state index in [4.69, 9.17) is 9.47 Å². The van der Waals surface area contributed by atoms with Crippen molar-refractivity contribution in [2.75, 3.05) is 11.9 Å². The van der Waals surface area contributed by atoms with Gasteiger partial charge in [0.2, 0.25) is 5.91 Å². The van der Waals surface area contributed by atoms with Crippen LogP contribution < -0.4 is 20.1 Å². The van der Waals surface area contributed by atoms with Crippen LogP contribution in [0, 0.1) is 5.82 Å². The molecular formula is C38H39FN2O7. The molecule has 0 fully saturated rings. The molecule has 0 aliphatic rings. The molecule has 4 rings (SSSR count). The van der Waals surface area contributed by atoms with Crippen LogP contribution in [-0.4, -0.2) is 41.5 Å². The average molecular weight is 655 g/mol. The Morgan fingerprint density at radius 3 is 2.08 bits per heavy atom. The summed E-state index contributed by atoms with van der Waals surface area (Å²) in [6.07, 6.45) is 5.56. The third kappa shape index (κ3) is 11.1. The number of carbonyl (C=O) groups excluding carboxylic acids is 3. The number of rotatable bonds is 17. The highest BCUT2D eigenvalue weighted by molar-refractivity contribution is 5.98. The van der Waals surface area contributed by atoms with Gasteiger partial charge in [0.25, 0.3) is 5.91 Å². The van der Waals surface area contributed by atoms with Gasteiger partial charge in [-0.05, 0) is 84.3 Å². The molecule has 0 spiro atoms. The van der Waals surface area contributed by atoms with Crippen molar-refractivity contribution in [3.8, 4) is 11.5 Å². The van der Waals surface area contributed by atoms with Crippen LogP contribution in [0.2, 0.25) is 0 Å². The number of nitrogens with one attached hydrogen (secondary N) is 2. The van der Waals surface area contributed by atoms with Crippen LogP contribution in [0.4, 0.5) is 10.1 Å². The highest BCUT2D eigenvalue weighted by atomic mass is 19.1. The highest BCUT2D eigenvalue weighted by Gasteiger charge is 2.21. The van der Waals surface area contributed by atoms with E-state index < -0.39 is 35.6 Å². The molecule has 0 heterocycles. The van der Waals surface area contributed by atoms with Crippen LogP contribution in [0.5, 0.6) is 11.5 Å². The first kappa shape index (κ1) is 35.3. The maximum absolute atomic E-state index is 13.8. The standard InChI is InChI=1S/C38H39FN2O7/c1-2-3-4-5-8-23-47-31-21-15-28(16-22-31)38(46)48-32-19-11-26(12-20-32)24-34(37(44)45)41-36(43)27-13-17-30(18-14-27)40-35(42)25-29-9-6-7-10-33(29)39/h6-7,9-22,34H,2-5,8,23-25H2,1H3,(H,40,42)(H,41,43)(H,44,45). The zero-order valence-corrected chi connectivity index (χ0v) is 26.7. The predicted octanol–water partition coefficient (Wildman–Crippen LogP) is 7.00. The topological polar surface area (TPSA) is 131 Å². The molecule has 4 aromatic carbocycles.